The van der Waals surface area contributed by atoms with Gasteiger partial charge in [0, 0.05) is 38.1 Å². The molecule has 5 heteroatoms. The molecule has 0 spiro atoms. The lowest BCUT2D eigenvalue weighted by Gasteiger charge is -2.12. The summed E-state index contributed by atoms with van der Waals surface area (Å²) < 4.78 is 0. The molecule has 0 fully saturated rings. The second kappa shape index (κ2) is 4.14. The molecule has 2 aromatic rings. The zero-order valence-corrected chi connectivity index (χ0v) is 9.25. The lowest BCUT2D eigenvalue weighted by Crippen LogP contribution is -2.12. The number of nitrogens with zero attached hydrogens (tertiary/aromatic N) is 4. The molecule has 0 aromatic carbocycles. The Morgan fingerprint density at radius 2 is 2.06 bits per heavy atom. The third-order valence-corrected chi connectivity index (χ3v) is 2.15. The fourth-order valence-corrected chi connectivity index (χ4v) is 1.34. The van der Waals surface area contributed by atoms with E-state index in [1.807, 2.05) is 37.2 Å². The lowest BCUT2D eigenvalue weighted by atomic mass is 10.2. The average Bonchev–Trinajstić information content (AvgIpc) is 2.29. The van der Waals surface area contributed by atoms with Crippen molar-refractivity contribution in [1.29, 1.82) is 0 Å². The first-order chi connectivity index (χ1) is 7.66. The van der Waals surface area contributed by atoms with Crippen molar-refractivity contribution in [2.24, 2.45) is 0 Å². The SMILES string of the molecule is CN(C)c1cc(-c2cccnc2)nc(N)n1. The van der Waals surface area contributed by atoms with E-state index in [1.54, 1.807) is 12.4 Å². The predicted octanol–water partition coefficient (Wildman–Crippen LogP) is 1.19. The van der Waals surface area contributed by atoms with E-state index in [2.05, 4.69) is 15.0 Å². The maximum atomic E-state index is 5.67. The molecule has 16 heavy (non-hydrogen) atoms. The first kappa shape index (κ1) is 10.4. The van der Waals surface area contributed by atoms with Crippen LogP contribution in [0.1, 0.15) is 0 Å². The fraction of sp³-hybridized carbons (Fsp3) is 0.182. The molecule has 0 bridgehead atoms. The van der Waals surface area contributed by atoms with Crippen molar-refractivity contribution in [3.05, 3.63) is 30.6 Å². The van der Waals surface area contributed by atoms with Gasteiger partial charge in [-0.15, -0.1) is 0 Å². The highest BCUT2D eigenvalue weighted by Gasteiger charge is 2.05. The average molecular weight is 215 g/mol. The van der Waals surface area contributed by atoms with Crippen molar-refractivity contribution in [1.82, 2.24) is 15.0 Å². The summed E-state index contributed by atoms with van der Waals surface area (Å²) in [5.41, 5.74) is 7.38. The van der Waals surface area contributed by atoms with Gasteiger partial charge in [-0.2, -0.15) is 4.98 Å². The normalized spacial score (nSPS) is 10.1. The number of aromatic nitrogens is 3. The van der Waals surface area contributed by atoms with Crippen LogP contribution < -0.4 is 10.6 Å². The van der Waals surface area contributed by atoms with Gasteiger partial charge in [0.15, 0.2) is 0 Å². The maximum Gasteiger partial charge on any atom is 0.222 e. The van der Waals surface area contributed by atoms with Crippen LogP contribution in [0.3, 0.4) is 0 Å². The van der Waals surface area contributed by atoms with E-state index in [1.165, 1.54) is 0 Å². The van der Waals surface area contributed by atoms with E-state index in [9.17, 15) is 0 Å². The number of rotatable bonds is 2. The van der Waals surface area contributed by atoms with Gasteiger partial charge in [0.1, 0.15) is 5.82 Å². The van der Waals surface area contributed by atoms with Crippen molar-refractivity contribution in [3.63, 3.8) is 0 Å². The van der Waals surface area contributed by atoms with Gasteiger partial charge in [-0.3, -0.25) is 4.98 Å². The molecule has 0 saturated carbocycles. The summed E-state index contributed by atoms with van der Waals surface area (Å²) in [6.45, 7) is 0. The first-order valence-corrected chi connectivity index (χ1v) is 4.89. The Bertz CT molecular complexity index is 481. The van der Waals surface area contributed by atoms with Gasteiger partial charge in [-0.1, -0.05) is 0 Å². The van der Waals surface area contributed by atoms with Crippen LogP contribution in [-0.2, 0) is 0 Å². The summed E-state index contributed by atoms with van der Waals surface area (Å²) in [5.74, 6) is 1.05. The molecule has 2 N–H and O–H groups in total. The van der Waals surface area contributed by atoms with Gasteiger partial charge in [-0.05, 0) is 12.1 Å². The molecule has 2 heterocycles. The highest BCUT2D eigenvalue weighted by molar-refractivity contribution is 5.63. The smallest absolute Gasteiger partial charge is 0.222 e. The minimum Gasteiger partial charge on any atom is -0.368 e. The first-order valence-electron chi connectivity index (χ1n) is 4.89. The number of pyridine rings is 1. The standard InChI is InChI=1S/C11H13N5/c1-16(2)10-6-9(14-11(12)15-10)8-4-3-5-13-7-8/h3-7H,1-2H3,(H2,12,14,15). The van der Waals surface area contributed by atoms with Crippen LogP contribution in [0, 0.1) is 0 Å². The van der Waals surface area contributed by atoms with Crippen LogP contribution in [0.4, 0.5) is 11.8 Å². The van der Waals surface area contributed by atoms with E-state index in [-0.39, 0.29) is 5.95 Å². The Morgan fingerprint density at radius 3 is 2.69 bits per heavy atom. The minimum atomic E-state index is 0.269. The van der Waals surface area contributed by atoms with E-state index in [4.69, 9.17) is 5.73 Å². The third-order valence-electron chi connectivity index (χ3n) is 2.15. The Balaban J connectivity index is 2.50. The van der Waals surface area contributed by atoms with Gasteiger partial charge in [-0.25, -0.2) is 4.98 Å². The molecule has 5 nitrogen and oxygen atoms in total. The molecular weight excluding hydrogens is 202 g/mol. The molecule has 0 unspecified atom stereocenters. The van der Waals surface area contributed by atoms with Crippen LogP contribution >= 0.6 is 0 Å². The largest absolute Gasteiger partial charge is 0.368 e. The Labute approximate surface area is 94.0 Å². The van der Waals surface area contributed by atoms with Crippen molar-refractivity contribution >= 4 is 11.8 Å². The van der Waals surface area contributed by atoms with Gasteiger partial charge in [0.25, 0.3) is 0 Å². The second-order valence-electron chi connectivity index (χ2n) is 3.61. The van der Waals surface area contributed by atoms with Crippen LogP contribution in [0.25, 0.3) is 11.3 Å². The molecule has 2 aromatic heterocycles. The van der Waals surface area contributed by atoms with E-state index in [0.29, 0.717) is 0 Å². The topological polar surface area (TPSA) is 67.9 Å². The molecule has 0 amide bonds. The van der Waals surface area contributed by atoms with Crippen molar-refractivity contribution in [3.8, 4) is 11.3 Å². The molecule has 0 radical (unpaired) electrons. The molecule has 0 aliphatic carbocycles. The zero-order chi connectivity index (χ0) is 11.5. The summed E-state index contributed by atoms with van der Waals surface area (Å²) in [6, 6.07) is 5.69. The number of anilines is 2. The minimum absolute atomic E-state index is 0.269. The molecule has 0 atom stereocenters. The highest BCUT2D eigenvalue weighted by atomic mass is 15.2. The third kappa shape index (κ3) is 2.08. The van der Waals surface area contributed by atoms with E-state index in [0.717, 1.165) is 17.1 Å². The van der Waals surface area contributed by atoms with Crippen molar-refractivity contribution in [2.75, 3.05) is 24.7 Å². The Kier molecular flexibility index (Phi) is 2.68. The van der Waals surface area contributed by atoms with Gasteiger partial charge in [0.05, 0.1) is 5.69 Å². The van der Waals surface area contributed by atoms with E-state index < -0.39 is 0 Å². The van der Waals surface area contributed by atoms with Gasteiger partial charge >= 0.3 is 0 Å². The molecule has 0 aliphatic rings. The van der Waals surface area contributed by atoms with E-state index >= 15 is 0 Å². The van der Waals surface area contributed by atoms with Gasteiger partial charge in [0.2, 0.25) is 5.95 Å². The quantitative estimate of drug-likeness (QED) is 0.814. The van der Waals surface area contributed by atoms with Crippen LogP contribution in [0.5, 0.6) is 0 Å². The van der Waals surface area contributed by atoms with Crippen LogP contribution in [0.15, 0.2) is 30.6 Å². The number of hydrogen-bond donors (Lipinski definition) is 1. The zero-order valence-electron chi connectivity index (χ0n) is 9.25. The lowest BCUT2D eigenvalue weighted by molar-refractivity contribution is 1.05. The van der Waals surface area contributed by atoms with Crippen LogP contribution in [0.2, 0.25) is 0 Å². The molecular formula is C11H13N5. The Morgan fingerprint density at radius 1 is 1.25 bits per heavy atom. The monoisotopic (exact) mass is 215 g/mol. The molecule has 2 rings (SSSR count). The summed E-state index contributed by atoms with van der Waals surface area (Å²) in [5, 5.41) is 0. The van der Waals surface area contributed by atoms with Crippen molar-refractivity contribution < 1.29 is 0 Å². The molecule has 0 aliphatic heterocycles. The predicted molar refractivity (Wildman–Crippen MR) is 64.0 cm³/mol. The number of hydrogen-bond acceptors (Lipinski definition) is 5. The fourth-order valence-electron chi connectivity index (χ4n) is 1.34. The van der Waals surface area contributed by atoms with Crippen molar-refractivity contribution in [2.45, 2.75) is 0 Å². The summed E-state index contributed by atoms with van der Waals surface area (Å²) in [4.78, 5) is 14.3. The summed E-state index contributed by atoms with van der Waals surface area (Å²) in [6.07, 6.45) is 3.47. The highest BCUT2D eigenvalue weighted by Crippen LogP contribution is 2.20. The molecule has 0 saturated heterocycles. The number of nitrogens with two attached hydrogens (primary N) is 1. The summed E-state index contributed by atoms with van der Waals surface area (Å²) in [7, 11) is 3.82. The maximum absolute atomic E-state index is 5.67. The van der Waals surface area contributed by atoms with Gasteiger partial charge < -0.3 is 10.6 Å². The van der Waals surface area contributed by atoms with Crippen LogP contribution in [-0.4, -0.2) is 29.0 Å². The summed E-state index contributed by atoms with van der Waals surface area (Å²) >= 11 is 0. The molecule has 82 valence electrons. The Hall–Kier alpha value is -2.17. The second-order valence-corrected chi connectivity index (χ2v) is 3.61. The number of nitrogen functional groups attached to an aromatic ring is 1.